The summed E-state index contributed by atoms with van der Waals surface area (Å²) in [7, 11) is -3.86. The van der Waals surface area contributed by atoms with Gasteiger partial charge in [0.15, 0.2) is 5.78 Å². The zero-order valence-corrected chi connectivity index (χ0v) is 14.7. The number of carbonyl (C=O) groups excluding carboxylic acids is 1. The van der Waals surface area contributed by atoms with E-state index >= 15 is 0 Å². The van der Waals surface area contributed by atoms with E-state index in [1.165, 1.54) is 12.1 Å². The fourth-order valence-electron chi connectivity index (χ4n) is 2.29. The van der Waals surface area contributed by atoms with E-state index < -0.39 is 10.0 Å². The van der Waals surface area contributed by atoms with Gasteiger partial charge in [0, 0.05) is 6.42 Å². The van der Waals surface area contributed by atoms with Crippen LogP contribution in [0.4, 0.5) is 0 Å². The second-order valence-corrected chi connectivity index (χ2v) is 7.68. The molecule has 2 aromatic carbocycles. The smallest absolute Gasteiger partial charge is 0.284 e. The normalized spacial score (nSPS) is 11.4. The molecule has 0 saturated heterocycles. The average Bonchev–Trinajstić information content (AvgIpc) is 3.08. The molecule has 0 aliphatic rings. The minimum absolute atomic E-state index is 0.0243. The number of carbonyl (C=O) groups is 1. The number of nitrogens with zero attached hydrogens (tertiary/aromatic N) is 3. The first-order chi connectivity index (χ1) is 11.9. The van der Waals surface area contributed by atoms with Crippen LogP contribution in [0.25, 0.3) is 0 Å². The standard InChI is InChI=1S/C18H17N3O3S/c1-13-3-7-15(8-4-13)11-18(22)17-12-21(20-19-17)25(23,24)16-9-5-14(2)6-10-16/h3-10,12H,11H2,1-2H3. The summed E-state index contributed by atoms with van der Waals surface area (Å²) in [5.74, 6) is -0.283. The molecule has 0 bridgehead atoms. The number of aryl methyl sites for hydroxylation is 2. The van der Waals surface area contributed by atoms with Crippen LogP contribution < -0.4 is 0 Å². The van der Waals surface area contributed by atoms with E-state index in [2.05, 4.69) is 10.3 Å². The minimum Gasteiger partial charge on any atom is -0.292 e. The minimum atomic E-state index is -3.86. The van der Waals surface area contributed by atoms with Gasteiger partial charge in [-0.05, 0) is 31.5 Å². The summed E-state index contributed by atoms with van der Waals surface area (Å²) in [6.07, 6.45) is 1.30. The molecule has 1 heterocycles. The Morgan fingerprint density at radius 2 is 1.52 bits per heavy atom. The van der Waals surface area contributed by atoms with E-state index in [0.717, 1.165) is 27.0 Å². The van der Waals surface area contributed by atoms with Gasteiger partial charge in [-0.3, -0.25) is 4.79 Å². The van der Waals surface area contributed by atoms with Crippen LogP contribution in [0, 0.1) is 13.8 Å². The summed E-state index contributed by atoms with van der Waals surface area (Å²) < 4.78 is 25.8. The van der Waals surface area contributed by atoms with Gasteiger partial charge in [-0.2, -0.15) is 8.42 Å². The molecule has 3 rings (SSSR count). The second-order valence-electron chi connectivity index (χ2n) is 5.88. The quantitative estimate of drug-likeness (QED) is 0.657. The summed E-state index contributed by atoms with van der Waals surface area (Å²) in [6.45, 7) is 3.83. The maximum atomic E-state index is 12.5. The zero-order chi connectivity index (χ0) is 18.0. The molecule has 0 saturated carbocycles. The summed E-state index contributed by atoms with van der Waals surface area (Å²) in [5.41, 5.74) is 2.92. The van der Waals surface area contributed by atoms with Crippen molar-refractivity contribution in [2.45, 2.75) is 25.2 Å². The molecule has 25 heavy (non-hydrogen) atoms. The van der Waals surface area contributed by atoms with Crippen molar-refractivity contribution in [3.05, 3.63) is 77.1 Å². The molecular weight excluding hydrogens is 338 g/mol. The van der Waals surface area contributed by atoms with E-state index in [0.29, 0.717) is 0 Å². The predicted octanol–water partition coefficient (Wildman–Crippen LogP) is 2.56. The number of ketones is 1. The Labute approximate surface area is 146 Å². The van der Waals surface area contributed by atoms with E-state index in [9.17, 15) is 13.2 Å². The molecule has 6 nitrogen and oxygen atoms in total. The predicted molar refractivity (Wildman–Crippen MR) is 93.0 cm³/mol. The molecule has 0 unspecified atom stereocenters. The van der Waals surface area contributed by atoms with Crippen molar-refractivity contribution < 1.29 is 13.2 Å². The lowest BCUT2D eigenvalue weighted by Crippen LogP contribution is -2.13. The third-order valence-corrected chi connectivity index (χ3v) is 5.35. The molecule has 0 N–H and O–H groups in total. The van der Waals surface area contributed by atoms with Crippen molar-refractivity contribution in [3.63, 3.8) is 0 Å². The SMILES string of the molecule is Cc1ccc(CC(=O)c2cn(S(=O)(=O)c3ccc(C)cc3)nn2)cc1. The monoisotopic (exact) mass is 355 g/mol. The molecular formula is C18H17N3O3S. The lowest BCUT2D eigenvalue weighted by molar-refractivity contribution is 0.0988. The van der Waals surface area contributed by atoms with Gasteiger partial charge < -0.3 is 0 Å². The number of benzene rings is 2. The first-order valence-corrected chi connectivity index (χ1v) is 9.13. The molecule has 0 aliphatic heterocycles. The van der Waals surface area contributed by atoms with Crippen LogP contribution in [0.2, 0.25) is 0 Å². The maximum Gasteiger partial charge on any atom is 0.284 e. The van der Waals surface area contributed by atoms with Crippen molar-refractivity contribution in [1.82, 2.24) is 14.4 Å². The molecule has 0 aliphatic carbocycles. The van der Waals surface area contributed by atoms with Gasteiger partial charge in [0.2, 0.25) is 0 Å². The van der Waals surface area contributed by atoms with Crippen LogP contribution in [0.1, 0.15) is 27.2 Å². The van der Waals surface area contributed by atoms with Gasteiger partial charge in [0.25, 0.3) is 10.0 Å². The highest BCUT2D eigenvalue weighted by molar-refractivity contribution is 7.89. The fraction of sp³-hybridized carbons (Fsp3) is 0.167. The van der Waals surface area contributed by atoms with Crippen LogP contribution in [0.5, 0.6) is 0 Å². The number of rotatable bonds is 5. The highest BCUT2D eigenvalue weighted by Crippen LogP contribution is 2.14. The number of hydrogen-bond donors (Lipinski definition) is 0. The van der Waals surface area contributed by atoms with Crippen molar-refractivity contribution >= 4 is 15.8 Å². The highest BCUT2D eigenvalue weighted by atomic mass is 32.2. The number of Topliss-reactive ketones (excluding diaryl/α,β-unsaturated/α-hetero) is 1. The average molecular weight is 355 g/mol. The Morgan fingerprint density at radius 1 is 0.960 bits per heavy atom. The first-order valence-electron chi connectivity index (χ1n) is 7.69. The van der Waals surface area contributed by atoms with Gasteiger partial charge in [-0.15, -0.1) is 9.19 Å². The fourth-order valence-corrected chi connectivity index (χ4v) is 3.36. The van der Waals surface area contributed by atoms with Crippen LogP contribution in [0.15, 0.2) is 59.6 Å². The Morgan fingerprint density at radius 3 is 2.12 bits per heavy atom. The van der Waals surface area contributed by atoms with E-state index in [-0.39, 0.29) is 22.8 Å². The second kappa shape index (κ2) is 6.60. The van der Waals surface area contributed by atoms with Crippen LogP contribution >= 0.6 is 0 Å². The van der Waals surface area contributed by atoms with E-state index in [1.807, 2.05) is 38.1 Å². The topological polar surface area (TPSA) is 81.9 Å². The van der Waals surface area contributed by atoms with Gasteiger partial charge in [0.1, 0.15) is 5.69 Å². The summed E-state index contributed by atoms with van der Waals surface area (Å²) >= 11 is 0. The Bertz CT molecular complexity index is 1000. The molecule has 128 valence electrons. The lowest BCUT2D eigenvalue weighted by atomic mass is 10.1. The third-order valence-electron chi connectivity index (χ3n) is 3.81. The molecule has 0 spiro atoms. The Kier molecular flexibility index (Phi) is 4.50. The Balaban J connectivity index is 1.82. The van der Waals surface area contributed by atoms with E-state index in [4.69, 9.17) is 0 Å². The first kappa shape index (κ1) is 17.0. The largest absolute Gasteiger partial charge is 0.292 e. The van der Waals surface area contributed by atoms with Crippen molar-refractivity contribution in [2.24, 2.45) is 0 Å². The van der Waals surface area contributed by atoms with Gasteiger partial charge in [0.05, 0.1) is 11.1 Å². The van der Waals surface area contributed by atoms with Gasteiger partial charge in [-0.25, -0.2) is 0 Å². The maximum absolute atomic E-state index is 12.5. The summed E-state index contributed by atoms with van der Waals surface area (Å²) in [4.78, 5) is 12.4. The molecule has 0 radical (unpaired) electrons. The number of aromatic nitrogens is 3. The molecule has 0 amide bonds. The molecule has 7 heteroatoms. The van der Waals surface area contributed by atoms with Crippen LogP contribution in [0.3, 0.4) is 0 Å². The van der Waals surface area contributed by atoms with Crippen LogP contribution in [-0.4, -0.2) is 28.6 Å². The molecule has 1 aromatic heterocycles. The van der Waals surface area contributed by atoms with Crippen molar-refractivity contribution in [1.29, 1.82) is 0 Å². The molecule has 3 aromatic rings. The van der Waals surface area contributed by atoms with Gasteiger partial charge in [-0.1, -0.05) is 52.7 Å². The van der Waals surface area contributed by atoms with Gasteiger partial charge >= 0.3 is 0 Å². The highest BCUT2D eigenvalue weighted by Gasteiger charge is 2.21. The Hall–Kier alpha value is -2.80. The molecule has 0 atom stereocenters. The summed E-state index contributed by atoms with van der Waals surface area (Å²) in [6, 6.07) is 14.0. The molecule has 0 fully saturated rings. The third kappa shape index (κ3) is 3.66. The zero-order valence-electron chi connectivity index (χ0n) is 13.9. The van der Waals surface area contributed by atoms with Crippen LogP contribution in [-0.2, 0) is 16.4 Å². The van der Waals surface area contributed by atoms with E-state index in [1.54, 1.807) is 12.1 Å². The lowest BCUT2D eigenvalue weighted by Gasteiger charge is -2.03. The number of hydrogen-bond acceptors (Lipinski definition) is 5. The summed E-state index contributed by atoms with van der Waals surface area (Å²) in [5, 5.41) is 7.34. The van der Waals surface area contributed by atoms with Crippen molar-refractivity contribution in [3.8, 4) is 0 Å². The van der Waals surface area contributed by atoms with Crippen molar-refractivity contribution in [2.75, 3.05) is 0 Å².